The minimum Gasteiger partial charge on any atom is -0.274 e. The first-order valence-electron chi connectivity index (χ1n) is 6.36. The molecule has 0 bridgehead atoms. The van der Waals surface area contributed by atoms with Gasteiger partial charge in [0.1, 0.15) is 11.5 Å². The van der Waals surface area contributed by atoms with Gasteiger partial charge in [0.2, 0.25) is 0 Å². The van der Waals surface area contributed by atoms with Gasteiger partial charge in [-0.15, -0.1) is 0 Å². The third-order valence-electron chi connectivity index (χ3n) is 3.09. The summed E-state index contributed by atoms with van der Waals surface area (Å²) in [6.45, 7) is 2.80. The molecule has 0 amide bonds. The Bertz CT molecular complexity index is 726. The highest BCUT2D eigenvalue weighted by atomic mass is 19.1. The van der Waals surface area contributed by atoms with Gasteiger partial charge in [-0.25, -0.2) is 4.39 Å². The molecule has 102 valence electrons. The van der Waals surface area contributed by atoms with Crippen molar-refractivity contribution in [3.63, 3.8) is 0 Å². The number of halogens is 1. The highest BCUT2D eigenvalue weighted by molar-refractivity contribution is 5.76. The van der Waals surface area contributed by atoms with E-state index in [4.69, 9.17) is 0 Å². The Morgan fingerprint density at radius 1 is 1.25 bits per heavy atom. The summed E-state index contributed by atoms with van der Waals surface area (Å²) in [5.74, 6) is -0.357. The molecule has 6 heteroatoms. The van der Waals surface area contributed by atoms with Gasteiger partial charge in [-0.2, -0.15) is 10.2 Å². The van der Waals surface area contributed by atoms with Gasteiger partial charge in [-0.05, 0) is 25.1 Å². The van der Waals surface area contributed by atoms with E-state index in [2.05, 4.69) is 15.2 Å². The van der Waals surface area contributed by atoms with Crippen LogP contribution in [0.25, 0.3) is 22.6 Å². The molecular weight excluding hydrogens is 257 g/mol. The Hall–Kier alpha value is -2.50. The van der Waals surface area contributed by atoms with Gasteiger partial charge >= 0.3 is 0 Å². The van der Waals surface area contributed by atoms with Crippen LogP contribution >= 0.6 is 0 Å². The molecule has 0 saturated carbocycles. The third-order valence-corrected chi connectivity index (χ3v) is 3.09. The van der Waals surface area contributed by atoms with Crippen molar-refractivity contribution in [1.82, 2.24) is 24.5 Å². The van der Waals surface area contributed by atoms with Gasteiger partial charge in [0.25, 0.3) is 0 Å². The van der Waals surface area contributed by atoms with Gasteiger partial charge < -0.3 is 0 Å². The Balaban J connectivity index is 2.15. The molecule has 20 heavy (non-hydrogen) atoms. The molecule has 0 aliphatic heterocycles. The number of aromatic nitrogens is 5. The van der Waals surface area contributed by atoms with Crippen LogP contribution in [-0.2, 0) is 13.6 Å². The third kappa shape index (κ3) is 2.09. The maximum Gasteiger partial charge on any atom is 0.141 e. The quantitative estimate of drug-likeness (QED) is 0.735. The number of rotatable bonds is 3. The maximum atomic E-state index is 13.0. The Labute approximate surface area is 115 Å². The van der Waals surface area contributed by atoms with E-state index in [0.717, 1.165) is 23.5 Å². The van der Waals surface area contributed by atoms with Gasteiger partial charge in [0.05, 0.1) is 17.6 Å². The van der Waals surface area contributed by atoms with E-state index in [9.17, 15) is 4.39 Å². The molecule has 3 aromatic rings. The van der Waals surface area contributed by atoms with Crippen molar-refractivity contribution in [3.8, 4) is 22.6 Å². The Morgan fingerprint density at radius 3 is 2.80 bits per heavy atom. The van der Waals surface area contributed by atoms with E-state index in [1.807, 2.05) is 30.9 Å². The van der Waals surface area contributed by atoms with Crippen molar-refractivity contribution < 1.29 is 4.39 Å². The fourth-order valence-electron chi connectivity index (χ4n) is 2.19. The van der Waals surface area contributed by atoms with Crippen molar-refractivity contribution >= 4 is 0 Å². The van der Waals surface area contributed by atoms with Crippen molar-refractivity contribution in [2.45, 2.75) is 13.5 Å². The lowest BCUT2D eigenvalue weighted by molar-refractivity contribution is 0.621. The zero-order valence-corrected chi connectivity index (χ0v) is 11.3. The molecule has 0 aliphatic carbocycles. The molecule has 0 aromatic carbocycles. The summed E-state index contributed by atoms with van der Waals surface area (Å²) in [7, 11) is 1.85. The zero-order valence-electron chi connectivity index (χ0n) is 11.3. The van der Waals surface area contributed by atoms with E-state index in [1.54, 1.807) is 16.9 Å². The monoisotopic (exact) mass is 271 g/mol. The van der Waals surface area contributed by atoms with Gasteiger partial charge in [0.15, 0.2) is 0 Å². The zero-order chi connectivity index (χ0) is 14.1. The molecule has 0 fully saturated rings. The lowest BCUT2D eigenvalue weighted by Crippen LogP contribution is -1.99. The van der Waals surface area contributed by atoms with Crippen LogP contribution in [0, 0.1) is 5.82 Å². The molecular formula is C14H14FN5. The van der Waals surface area contributed by atoms with Crippen LogP contribution in [0.4, 0.5) is 4.39 Å². The average Bonchev–Trinajstić information content (AvgIpc) is 3.05. The van der Waals surface area contributed by atoms with E-state index in [-0.39, 0.29) is 5.82 Å². The number of aryl methyl sites for hydroxylation is 2. The van der Waals surface area contributed by atoms with Crippen LogP contribution in [0.3, 0.4) is 0 Å². The standard InChI is InChI=1S/C14H14FN5/c1-3-20-13(6-7-17-20)11-9-19(2)18-14(11)12-5-4-10(15)8-16-12/h4-9H,3H2,1-2H3. The predicted octanol–water partition coefficient (Wildman–Crippen LogP) is 2.50. The predicted molar refractivity (Wildman–Crippen MR) is 73.3 cm³/mol. The van der Waals surface area contributed by atoms with E-state index >= 15 is 0 Å². The smallest absolute Gasteiger partial charge is 0.141 e. The Morgan fingerprint density at radius 2 is 2.10 bits per heavy atom. The first kappa shape index (κ1) is 12.5. The maximum absolute atomic E-state index is 13.0. The van der Waals surface area contributed by atoms with Crippen LogP contribution in [-0.4, -0.2) is 24.5 Å². The first-order valence-corrected chi connectivity index (χ1v) is 6.36. The van der Waals surface area contributed by atoms with E-state index in [0.29, 0.717) is 5.69 Å². The van der Waals surface area contributed by atoms with Gasteiger partial charge in [-0.1, -0.05) is 0 Å². The molecule has 0 saturated heterocycles. The van der Waals surface area contributed by atoms with Gasteiger partial charge in [0, 0.05) is 31.5 Å². The molecule has 0 radical (unpaired) electrons. The first-order chi connectivity index (χ1) is 9.69. The minimum atomic E-state index is -0.357. The fourth-order valence-corrected chi connectivity index (χ4v) is 2.19. The minimum absolute atomic E-state index is 0.357. The van der Waals surface area contributed by atoms with E-state index < -0.39 is 0 Å². The second-order valence-corrected chi connectivity index (χ2v) is 4.46. The molecule has 3 heterocycles. The largest absolute Gasteiger partial charge is 0.274 e. The van der Waals surface area contributed by atoms with Crippen LogP contribution < -0.4 is 0 Å². The van der Waals surface area contributed by atoms with Crippen LogP contribution in [0.1, 0.15) is 6.92 Å². The Kier molecular flexibility index (Phi) is 3.06. The molecule has 5 nitrogen and oxygen atoms in total. The summed E-state index contributed by atoms with van der Waals surface area (Å²) in [5.41, 5.74) is 3.28. The lowest BCUT2D eigenvalue weighted by atomic mass is 10.1. The summed E-state index contributed by atoms with van der Waals surface area (Å²) in [6.07, 6.45) is 4.88. The van der Waals surface area contributed by atoms with Gasteiger partial charge in [-0.3, -0.25) is 14.3 Å². The fraction of sp³-hybridized carbons (Fsp3) is 0.214. The number of nitrogens with zero attached hydrogens (tertiary/aromatic N) is 5. The number of hydrogen-bond acceptors (Lipinski definition) is 3. The summed E-state index contributed by atoms with van der Waals surface area (Å²) in [6, 6.07) is 4.96. The highest BCUT2D eigenvalue weighted by Gasteiger charge is 2.16. The lowest BCUT2D eigenvalue weighted by Gasteiger charge is -2.04. The summed E-state index contributed by atoms with van der Waals surface area (Å²) in [4.78, 5) is 4.11. The van der Waals surface area contributed by atoms with Crippen molar-refractivity contribution in [2.75, 3.05) is 0 Å². The van der Waals surface area contributed by atoms with E-state index in [1.165, 1.54) is 12.3 Å². The number of hydrogen-bond donors (Lipinski definition) is 0. The second-order valence-electron chi connectivity index (χ2n) is 4.46. The molecule has 0 unspecified atom stereocenters. The molecule has 3 aromatic heterocycles. The van der Waals surface area contributed by atoms with Crippen LogP contribution in [0.15, 0.2) is 36.8 Å². The van der Waals surface area contributed by atoms with Crippen molar-refractivity contribution in [2.24, 2.45) is 7.05 Å². The normalized spacial score (nSPS) is 10.9. The van der Waals surface area contributed by atoms with Crippen molar-refractivity contribution in [3.05, 3.63) is 42.6 Å². The average molecular weight is 271 g/mol. The van der Waals surface area contributed by atoms with Crippen LogP contribution in [0.2, 0.25) is 0 Å². The summed E-state index contributed by atoms with van der Waals surface area (Å²) < 4.78 is 16.6. The molecule has 3 rings (SSSR count). The highest BCUT2D eigenvalue weighted by Crippen LogP contribution is 2.29. The van der Waals surface area contributed by atoms with Crippen molar-refractivity contribution in [1.29, 1.82) is 0 Å². The number of pyridine rings is 1. The molecule has 0 spiro atoms. The van der Waals surface area contributed by atoms with Crippen LogP contribution in [0.5, 0.6) is 0 Å². The topological polar surface area (TPSA) is 48.5 Å². The molecule has 0 N–H and O–H groups in total. The molecule has 0 aliphatic rings. The second kappa shape index (κ2) is 4.88. The SMILES string of the molecule is CCn1nccc1-c1cn(C)nc1-c1ccc(F)cn1. The summed E-state index contributed by atoms with van der Waals surface area (Å²) >= 11 is 0. The molecule has 0 atom stereocenters. The summed E-state index contributed by atoms with van der Waals surface area (Å²) in [5, 5.41) is 8.70.